The van der Waals surface area contributed by atoms with Crippen LogP contribution in [0.5, 0.6) is 0 Å². The minimum Gasteiger partial charge on any atom is -0.274 e. The van der Waals surface area contributed by atoms with Crippen molar-refractivity contribution >= 4 is 22.5 Å². The normalized spacial score (nSPS) is 11.2. The van der Waals surface area contributed by atoms with Crippen molar-refractivity contribution in [2.75, 3.05) is 0 Å². The van der Waals surface area contributed by atoms with E-state index in [1.807, 2.05) is 6.92 Å². The van der Waals surface area contributed by atoms with Gasteiger partial charge in [0, 0.05) is 11.4 Å². The van der Waals surface area contributed by atoms with Crippen molar-refractivity contribution in [3.05, 3.63) is 83.2 Å². The Balaban J connectivity index is 1.66. The highest BCUT2D eigenvalue weighted by Crippen LogP contribution is 2.29. The van der Waals surface area contributed by atoms with Gasteiger partial charge in [0.2, 0.25) is 0 Å². The van der Waals surface area contributed by atoms with Gasteiger partial charge in [-0.1, -0.05) is 60.3 Å². The fourth-order valence-corrected chi connectivity index (χ4v) is 4.16. The molecule has 0 radical (unpaired) electrons. The average molecular weight is 359 g/mol. The number of hydrogen-bond acceptors (Lipinski definition) is 3. The third-order valence-electron chi connectivity index (χ3n) is 4.78. The van der Waals surface area contributed by atoms with Crippen LogP contribution in [0.2, 0.25) is 0 Å². The van der Waals surface area contributed by atoms with Crippen molar-refractivity contribution in [3.63, 3.8) is 0 Å². The van der Waals surface area contributed by atoms with Crippen LogP contribution in [-0.2, 0) is 5.75 Å². The Morgan fingerprint density at radius 2 is 1.65 bits per heavy atom. The Kier molecular flexibility index (Phi) is 4.51. The number of nitrogens with zero attached hydrogens (tertiary/aromatic N) is 3. The van der Waals surface area contributed by atoms with E-state index in [0.717, 1.165) is 22.4 Å². The number of aryl methyl sites for hydroxylation is 3. The maximum atomic E-state index is 4.42. The molecular formula is C22H21N3S. The first-order valence-electron chi connectivity index (χ1n) is 8.72. The molecule has 0 aliphatic rings. The summed E-state index contributed by atoms with van der Waals surface area (Å²) in [5.74, 6) is 1.78. The Morgan fingerprint density at radius 3 is 2.50 bits per heavy atom. The molecule has 130 valence electrons. The van der Waals surface area contributed by atoms with Gasteiger partial charge in [0.25, 0.3) is 0 Å². The number of fused-ring (bicyclic) bond motifs is 1. The van der Waals surface area contributed by atoms with E-state index in [2.05, 4.69) is 89.3 Å². The molecule has 3 aromatic carbocycles. The third-order valence-corrected chi connectivity index (χ3v) is 5.76. The van der Waals surface area contributed by atoms with Gasteiger partial charge in [0.05, 0.1) is 0 Å². The molecule has 0 N–H and O–H groups in total. The summed E-state index contributed by atoms with van der Waals surface area (Å²) in [5.41, 5.74) is 5.02. The number of benzene rings is 3. The quantitative estimate of drug-likeness (QED) is 0.442. The number of thioether (sulfide) groups is 1. The Hall–Kier alpha value is -2.59. The van der Waals surface area contributed by atoms with Crippen LogP contribution >= 0.6 is 11.8 Å². The Bertz CT molecular complexity index is 1080. The standard InChI is InChI=1S/C22H21N3S/c1-15-11-12-20(13-16(15)2)25-17(3)23-24-22(25)26-14-19-9-6-8-18-7-4-5-10-21(18)19/h4-13H,14H2,1-3H3. The summed E-state index contributed by atoms with van der Waals surface area (Å²) in [6, 6.07) is 21.5. The van der Waals surface area contributed by atoms with E-state index in [0.29, 0.717) is 0 Å². The molecule has 3 nitrogen and oxygen atoms in total. The average Bonchev–Trinajstić information content (AvgIpc) is 3.03. The number of aromatic nitrogens is 3. The second-order valence-corrected chi connectivity index (χ2v) is 7.50. The highest BCUT2D eigenvalue weighted by Gasteiger charge is 2.13. The highest BCUT2D eigenvalue weighted by atomic mass is 32.2. The fraction of sp³-hybridized carbons (Fsp3) is 0.182. The Labute approximate surface area is 158 Å². The zero-order valence-electron chi connectivity index (χ0n) is 15.2. The summed E-state index contributed by atoms with van der Waals surface area (Å²) in [6.45, 7) is 6.28. The predicted molar refractivity (Wildman–Crippen MR) is 109 cm³/mol. The molecule has 1 heterocycles. The van der Waals surface area contributed by atoms with E-state index in [-0.39, 0.29) is 0 Å². The van der Waals surface area contributed by atoms with E-state index in [4.69, 9.17) is 0 Å². The lowest BCUT2D eigenvalue weighted by Crippen LogP contribution is -2.00. The monoisotopic (exact) mass is 359 g/mol. The maximum absolute atomic E-state index is 4.42. The highest BCUT2D eigenvalue weighted by molar-refractivity contribution is 7.98. The minimum atomic E-state index is 0.865. The van der Waals surface area contributed by atoms with Crippen LogP contribution in [0.15, 0.2) is 65.8 Å². The minimum absolute atomic E-state index is 0.865. The van der Waals surface area contributed by atoms with Gasteiger partial charge in [-0.05, 0) is 60.4 Å². The molecule has 0 amide bonds. The van der Waals surface area contributed by atoms with E-state index in [1.165, 1.54) is 27.5 Å². The summed E-state index contributed by atoms with van der Waals surface area (Å²) in [4.78, 5) is 0. The van der Waals surface area contributed by atoms with E-state index >= 15 is 0 Å². The van der Waals surface area contributed by atoms with Crippen molar-refractivity contribution < 1.29 is 0 Å². The zero-order chi connectivity index (χ0) is 18.1. The summed E-state index contributed by atoms with van der Waals surface area (Å²) in [5, 5.41) is 12.2. The van der Waals surface area contributed by atoms with Gasteiger partial charge >= 0.3 is 0 Å². The van der Waals surface area contributed by atoms with Crippen LogP contribution in [0.3, 0.4) is 0 Å². The van der Waals surface area contributed by atoms with Crippen molar-refractivity contribution in [1.29, 1.82) is 0 Å². The molecule has 0 unspecified atom stereocenters. The van der Waals surface area contributed by atoms with E-state index < -0.39 is 0 Å². The van der Waals surface area contributed by atoms with Gasteiger partial charge in [0.15, 0.2) is 5.16 Å². The first kappa shape index (κ1) is 16.9. The number of rotatable bonds is 4. The molecule has 0 fully saturated rings. The predicted octanol–water partition coefficient (Wildman–Crippen LogP) is 5.64. The Morgan fingerprint density at radius 1 is 0.846 bits per heavy atom. The molecule has 0 bridgehead atoms. The van der Waals surface area contributed by atoms with Crippen LogP contribution in [-0.4, -0.2) is 14.8 Å². The first-order chi connectivity index (χ1) is 12.6. The maximum Gasteiger partial charge on any atom is 0.196 e. The second kappa shape index (κ2) is 6.96. The second-order valence-electron chi connectivity index (χ2n) is 6.56. The lowest BCUT2D eigenvalue weighted by atomic mass is 10.1. The topological polar surface area (TPSA) is 30.7 Å². The van der Waals surface area contributed by atoms with E-state index in [1.54, 1.807) is 11.8 Å². The van der Waals surface area contributed by atoms with Gasteiger partial charge in [-0.25, -0.2) is 0 Å². The van der Waals surface area contributed by atoms with Gasteiger partial charge in [-0.2, -0.15) is 0 Å². The van der Waals surface area contributed by atoms with Crippen molar-refractivity contribution in [1.82, 2.24) is 14.8 Å². The van der Waals surface area contributed by atoms with Crippen molar-refractivity contribution in [2.24, 2.45) is 0 Å². The summed E-state index contributed by atoms with van der Waals surface area (Å²) < 4.78 is 2.14. The van der Waals surface area contributed by atoms with Crippen LogP contribution in [0.1, 0.15) is 22.5 Å². The molecule has 4 heteroatoms. The molecule has 26 heavy (non-hydrogen) atoms. The van der Waals surface area contributed by atoms with Crippen molar-refractivity contribution in [3.8, 4) is 5.69 Å². The van der Waals surface area contributed by atoms with Crippen molar-refractivity contribution in [2.45, 2.75) is 31.7 Å². The van der Waals surface area contributed by atoms with Crippen LogP contribution in [0, 0.1) is 20.8 Å². The molecule has 0 spiro atoms. The van der Waals surface area contributed by atoms with Crippen LogP contribution < -0.4 is 0 Å². The molecule has 0 atom stereocenters. The van der Waals surface area contributed by atoms with Crippen LogP contribution in [0.4, 0.5) is 0 Å². The van der Waals surface area contributed by atoms with Gasteiger partial charge in [-0.3, -0.25) is 4.57 Å². The largest absolute Gasteiger partial charge is 0.274 e. The molecular weight excluding hydrogens is 338 g/mol. The lowest BCUT2D eigenvalue weighted by molar-refractivity contribution is 0.866. The summed E-state index contributed by atoms with van der Waals surface area (Å²) in [7, 11) is 0. The van der Waals surface area contributed by atoms with Crippen LogP contribution in [0.25, 0.3) is 16.5 Å². The smallest absolute Gasteiger partial charge is 0.196 e. The summed E-state index contributed by atoms with van der Waals surface area (Å²) in [6.07, 6.45) is 0. The van der Waals surface area contributed by atoms with Gasteiger partial charge < -0.3 is 0 Å². The molecule has 0 saturated carbocycles. The molecule has 0 aliphatic heterocycles. The fourth-order valence-electron chi connectivity index (χ4n) is 3.16. The number of hydrogen-bond donors (Lipinski definition) is 0. The molecule has 1 aromatic heterocycles. The summed E-state index contributed by atoms with van der Waals surface area (Å²) >= 11 is 1.73. The lowest BCUT2D eigenvalue weighted by Gasteiger charge is -2.11. The SMILES string of the molecule is Cc1ccc(-n2c(C)nnc2SCc2cccc3ccccc23)cc1C. The molecule has 4 aromatic rings. The third kappa shape index (κ3) is 3.13. The van der Waals surface area contributed by atoms with Gasteiger partial charge in [-0.15, -0.1) is 10.2 Å². The van der Waals surface area contributed by atoms with E-state index in [9.17, 15) is 0 Å². The first-order valence-corrected chi connectivity index (χ1v) is 9.71. The molecule has 4 rings (SSSR count). The zero-order valence-corrected chi connectivity index (χ0v) is 16.0. The molecule has 0 saturated heterocycles. The molecule has 0 aliphatic carbocycles. The van der Waals surface area contributed by atoms with Gasteiger partial charge in [0.1, 0.15) is 5.82 Å².